The molecule has 1 aromatic heterocycles. The van der Waals surface area contributed by atoms with Crippen LogP contribution in [0.1, 0.15) is 11.1 Å². The highest BCUT2D eigenvalue weighted by molar-refractivity contribution is 9.10. The average Bonchev–Trinajstić information content (AvgIpc) is 2.37. The van der Waals surface area contributed by atoms with Crippen LogP contribution < -0.4 is 10.5 Å². The number of nitrogens with one attached hydrogen (secondary N) is 1. The standard InChI is InChI=1S/C13H14BrN3O2S/c1-8-3-4-11(6-12(8)15)20(18,19)17-10-5-9(2)13(14)16-7-10/h3-7,17H,15H2,1-2H3. The maximum absolute atomic E-state index is 12.3. The summed E-state index contributed by atoms with van der Waals surface area (Å²) in [6, 6.07) is 6.34. The van der Waals surface area contributed by atoms with E-state index in [1.54, 1.807) is 12.1 Å². The Balaban J connectivity index is 2.35. The molecule has 0 aliphatic rings. The lowest BCUT2D eigenvalue weighted by molar-refractivity contribution is 0.601. The molecule has 0 saturated heterocycles. The number of benzene rings is 1. The number of rotatable bonds is 3. The second-order valence-electron chi connectivity index (χ2n) is 4.46. The van der Waals surface area contributed by atoms with Gasteiger partial charge in [-0.2, -0.15) is 0 Å². The molecule has 0 aliphatic heterocycles. The molecule has 0 fully saturated rings. The van der Waals surface area contributed by atoms with Crippen LogP contribution in [0.2, 0.25) is 0 Å². The third kappa shape index (κ3) is 3.10. The summed E-state index contributed by atoms with van der Waals surface area (Å²) in [5, 5.41) is 0. The summed E-state index contributed by atoms with van der Waals surface area (Å²) in [7, 11) is -3.67. The zero-order valence-electron chi connectivity index (χ0n) is 11.0. The van der Waals surface area contributed by atoms with Crippen LogP contribution in [-0.2, 0) is 10.0 Å². The van der Waals surface area contributed by atoms with Gasteiger partial charge in [0.25, 0.3) is 10.0 Å². The molecular formula is C13H14BrN3O2S. The van der Waals surface area contributed by atoms with Gasteiger partial charge in [-0.1, -0.05) is 6.07 Å². The number of nitrogens with two attached hydrogens (primary N) is 1. The highest BCUT2D eigenvalue weighted by Crippen LogP contribution is 2.22. The summed E-state index contributed by atoms with van der Waals surface area (Å²) in [4.78, 5) is 4.18. The third-order valence-corrected chi connectivity index (χ3v) is 5.04. The summed E-state index contributed by atoms with van der Waals surface area (Å²) in [6.07, 6.45) is 1.45. The van der Waals surface area contributed by atoms with E-state index < -0.39 is 10.0 Å². The summed E-state index contributed by atoms with van der Waals surface area (Å²) in [6.45, 7) is 3.65. The summed E-state index contributed by atoms with van der Waals surface area (Å²) in [5.41, 5.74) is 8.27. The molecule has 7 heteroatoms. The normalized spacial score (nSPS) is 11.3. The van der Waals surface area contributed by atoms with E-state index in [0.717, 1.165) is 11.1 Å². The summed E-state index contributed by atoms with van der Waals surface area (Å²) in [5.74, 6) is 0. The number of sulfonamides is 1. The minimum atomic E-state index is -3.67. The van der Waals surface area contributed by atoms with Crippen molar-refractivity contribution in [2.45, 2.75) is 18.7 Å². The van der Waals surface area contributed by atoms with Gasteiger partial charge >= 0.3 is 0 Å². The molecule has 0 spiro atoms. The Bertz CT molecular complexity index is 760. The maximum Gasteiger partial charge on any atom is 0.262 e. The number of hydrogen-bond donors (Lipinski definition) is 2. The first kappa shape index (κ1) is 14.8. The van der Waals surface area contributed by atoms with Crippen molar-refractivity contribution in [3.05, 3.63) is 46.2 Å². The molecule has 106 valence electrons. The van der Waals surface area contributed by atoms with Crippen LogP contribution in [0, 0.1) is 13.8 Å². The van der Waals surface area contributed by atoms with Crippen LogP contribution in [0.15, 0.2) is 40.0 Å². The second-order valence-corrected chi connectivity index (χ2v) is 6.89. The van der Waals surface area contributed by atoms with E-state index in [0.29, 0.717) is 16.0 Å². The van der Waals surface area contributed by atoms with Gasteiger partial charge in [0.2, 0.25) is 0 Å². The molecular weight excluding hydrogens is 342 g/mol. The number of nitrogens with zero attached hydrogens (tertiary/aromatic N) is 1. The van der Waals surface area contributed by atoms with Crippen molar-refractivity contribution < 1.29 is 8.42 Å². The molecule has 0 radical (unpaired) electrons. The first-order chi connectivity index (χ1) is 9.29. The Hall–Kier alpha value is -1.60. The predicted octanol–water partition coefficient (Wildman–Crippen LogP) is 2.84. The van der Waals surface area contributed by atoms with Gasteiger partial charge in [0.15, 0.2) is 0 Å². The zero-order chi connectivity index (χ0) is 14.9. The Morgan fingerprint density at radius 1 is 1.20 bits per heavy atom. The van der Waals surface area contributed by atoms with Crippen molar-refractivity contribution in [1.29, 1.82) is 0 Å². The molecule has 2 rings (SSSR count). The van der Waals surface area contributed by atoms with Crippen LogP contribution in [-0.4, -0.2) is 13.4 Å². The lowest BCUT2D eigenvalue weighted by Gasteiger charge is -2.10. The summed E-state index contributed by atoms with van der Waals surface area (Å²) < 4.78 is 27.7. The Kier molecular flexibility index (Phi) is 4.01. The smallest absolute Gasteiger partial charge is 0.262 e. The number of halogens is 1. The molecule has 0 unspecified atom stereocenters. The van der Waals surface area contributed by atoms with Gasteiger partial charge in [0.05, 0.1) is 16.8 Å². The largest absolute Gasteiger partial charge is 0.398 e. The molecule has 0 bridgehead atoms. The number of aromatic nitrogens is 1. The maximum atomic E-state index is 12.3. The molecule has 2 aromatic rings. The van der Waals surface area contributed by atoms with Gasteiger partial charge in [-0.15, -0.1) is 0 Å². The Morgan fingerprint density at radius 2 is 1.90 bits per heavy atom. The molecule has 1 heterocycles. The number of aryl methyl sites for hydroxylation is 2. The van der Waals surface area contributed by atoms with E-state index in [1.165, 1.54) is 18.3 Å². The van der Waals surface area contributed by atoms with E-state index in [2.05, 4.69) is 25.6 Å². The van der Waals surface area contributed by atoms with Crippen LogP contribution in [0.3, 0.4) is 0 Å². The number of hydrogen-bond acceptors (Lipinski definition) is 4. The quantitative estimate of drug-likeness (QED) is 0.654. The molecule has 0 atom stereocenters. The first-order valence-corrected chi connectivity index (χ1v) is 8.08. The number of pyridine rings is 1. The zero-order valence-corrected chi connectivity index (χ0v) is 13.4. The van der Waals surface area contributed by atoms with E-state index >= 15 is 0 Å². The van der Waals surface area contributed by atoms with Crippen molar-refractivity contribution in [3.8, 4) is 0 Å². The average molecular weight is 356 g/mol. The molecule has 5 nitrogen and oxygen atoms in total. The summed E-state index contributed by atoms with van der Waals surface area (Å²) >= 11 is 3.27. The van der Waals surface area contributed by atoms with Gasteiger partial charge in [-0.3, -0.25) is 4.72 Å². The van der Waals surface area contributed by atoms with Crippen LogP contribution in [0.25, 0.3) is 0 Å². The topological polar surface area (TPSA) is 85.1 Å². The number of nitrogen functional groups attached to an aromatic ring is 1. The van der Waals surface area contributed by atoms with Gasteiger partial charge in [0.1, 0.15) is 4.60 Å². The van der Waals surface area contributed by atoms with Crippen molar-refractivity contribution in [2.75, 3.05) is 10.5 Å². The van der Waals surface area contributed by atoms with Crippen molar-refractivity contribution in [1.82, 2.24) is 4.98 Å². The molecule has 20 heavy (non-hydrogen) atoms. The van der Waals surface area contributed by atoms with Gasteiger partial charge in [0, 0.05) is 5.69 Å². The molecule has 0 amide bonds. The van der Waals surface area contributed by atoms with E-state index in [1.807, 2.05) is 13.8 Å². The molecule has 0 saturated carbocycles. The predicted molar refractivity (Wildman–Crippen MR) is 83.1 cm³/mol. The van der Waals surface area contributed by atoms with Crippen LogP contribution in [0.4, 0.5) is 11.4 Å². The van der Waals surface area contributed by atoms with Gasteiger partial charge in [-0.25, -0.2) is 13.4 Å². The van der Waals surface area contributed by atoms with Crippen molar-refractivity contribution in [3.63, 3.8) is 0 Å². The van der Waals surface area contributed by atoms with E-state index in [9.17, 15) is 8.42 Å². The minimum Gasteiger partial charge on any atom is -0.398 e. The van der Waals surface area contributed by atoms with Gasteiger partial charge in [-0.05, 0) is 59.1 Å². The number of anilines is 2. The first-order valence-electron chi connectivity index (χ1n) is 5.81. The molecule has 1 aromatic carbocycles. The van der Waals surface area contributed by atoms with Gasteiger partial charge < -0.3 is 5.73 Å². The lowest BCUT2D eigenvalue weighted by Crippen LogP contribution is -2.13. The monoisotopic (exact) mass is 355 g/mol. The van der Waals surface area contributed by atoms with Crippen molar-refractivity contribution >= 4 is 37.3 Å². The van der Waals surface area contributed by atoms with Crippen molar-refractivity contribution in [2.24, 2.45) is 0 Å². The Labute approximate surface area is 126 Å². The Morgan fingerprint density at radius 3 is 2.50 bits per heavy atom. The minimum absolute atomic E-state index is 0.126. The van der Waals surface area contributed by atoms with Crippen LogP contribution in [0.5, 0.6) is 0 Å². The third-order valence-electron chi connectivity index (χ3n) is 2.83. The highest BCUT2D eigenvalue weighted by Gasteiger charge is 2.15. The second kappa shape index (κ2) is 5.41. The fraction of sp³-hybridized carbons (Fsp3) is 0.154. The van der Waals surface area contributed by atoms with Crippen LogP contribution >= 0.6 is 15.9 Å². The van der Waals surface area contributed by atoms with E-state index in [4.69, 9.17) is 5.73 Å². The molecule has 3 N–H and O–H groups in total. The highest BCUT2D eigenvalue weighted by atomic mass is 79.9. The SMILES string of the molecule is Cc1ccc(S(=O)(=O)Nc2cnc(Br)c(C)c2)cc1N. The van der Waals surface area contributed by atoms with E-state index in [-0.39, 0.29) is 4.90 Å². The molecule has 0 aliphatic carbocycles. The fourth-order valence-corrected chi connectivity index (χ4v) is 2.90. The lowest BCUT2D eigenvalue weighted by atomic mass is 10.2. The fourth-order valence-electron chi connectivity index (χ4n) is 1.61.